The van der Waals surface area contributed by atoms with E-state index in [0.29, 0.717) is 38.4 Å². The van der Waals surface area contributed by atoms with Crippen molar-refractivity contribution >= 4 is 27.3 Å². The highest BCUT2D eigenvalue weighted by Crippen LogP contribution is 2.44. The average Bonchev–Trinajstić information content (AvgIpc) is 3.59. The van der Waals surface area contributed by atoms with Crippen molar-refractivity contribution in [3.63, 3.8) is 0 Å². The Bertz CT molecular complexity index is 1170. The monoisotopic (exact) mass is 457 g/mol. The zero-order valence-electron chi connectivity index (χ0n) is 18.4. The van der Waals surface area contributed by atoms with E-state index in [2.05, 4.69) is 13.8 Å². The molecule has 2 heterocycles. The minimum absolute atomic E-state index is 0.117. The van der Waals surface area contributed by atoms with Crippen molar-refractivity contribution in [2.75, 3.05) is 42.5 Å². The summed E-state index contributed by atoms with van der Waals surface area (Å²) < 4.78 is 42.4. The van der Waals surface area contributed by atoms with Crippen molar-refractivity contribution in [2.24, 2.45) is 5.92 Å². The molecule has 1 amide bonds. The van der Waals surface area contributed by atoms with Gasteiger partial charge in [0.2, 0.25) is 15.9 Å². The molecule has 2 aromatic carbocycles. The van der Waals surface area contributed by atoms with E-state index in [1.54, 1.807) is 36.4 Å². The van der Waals surface area contributed by atoms with Gasteiger partial charge in [-0.3, -0.25) is 4.79 Å². The van der Waals surface area contributed by atoms with Crippen LogP contribution in [0.25, 0.3) is 0 Å². The van der Waals surface area contributed by atoms with Gasteiger partial charge in [-0.25, -0.2) is 12.8 Å². The molecule has 32 heavy (non-hydrogen) atoms. The van der Waals surface area contributed by atoms with Crippen molar-refractivity contribution in [1.29, 1.82) is 0 Å². The van der Waals surface area contributed by atoms with E-state index in [9.17, 15) is 17.6 Å². The highest BCUT2D eigenvalue weighted by molar-refractivity contribution is 7.89. The normalized spacial score (nSPS) is 21.0. The SMILES string of the molecule is CC1(C)CN(C(=O)C2CC2)c2ccc(S(=O)(=O)N3CCN(c4ccccc4F)CC3)cc21. The highest BCUT2D eigenvalue weighted by atomic mass is 32.2. The average molecular weight is 458 g/mol. The maximum absolute atomic E-state index is 14.1. The maximum atomic E-state index is 14.1. The van der Waals surface area contributed by atoms with Crippen molar-refractivity contribution in [3.8, 4) is 0 Å². The summed E-state index contributed by atoms with van der Waals surface area (Å²) in [6.07, 6.45) is 1.88. The number of amides is 1. The fourth-order valence-electron chi connectivity index (χ4n) is 4.79. The van der Waals surface area contributed by atoms with Crippen molar-refractivity contribution in [1.82, 2.24) is 4.31 Å². The molecule has 0 spiro atoms. The quantitative estimate of drug-likeness (QED) is 0.706. The van der Waals surface area contributed by atoms with Gasteiger partial charge in [0.05, 0.1) is 10.6 Å². The van der Waals surface area contributed by atoms with Crippen LogP contribution in [0.5, 0.6) is 0 Å². The lowest BCUT2D eigenvalue weighted by Crippen LogP contribution is -2.48. The van der Waals surface area contributed by atoms with Crippen LogP contribution in [0.4, 0.5) is 15.8 Å². The van der Waals surface area contributed by atoms with Crippen molar-refractivity contribution < 1.29 is 17.6 Å². The number of nitrogens with zero attached hydrogens (tertiary/aromatic N) is 3. The summed E-state index contributed by atoms with van der Waals surface area (Å²) in [6.45, 7) is 6.13. The molecule has 0 bridgehead atoms. The zero-order chi connectivity index (χ0) is 22.7. The van der Waals surface area contributed by atoms with Gasteiger partial charge in [0, 0.05) is 49.7 Å². The smallest absolute Gasteiger partial charge is 0.243 e. The number of carbonyl (C=O) groups is 1. The number of rotatable bonds is 4. The van der Waals surface area contributed by atoms with Gasteiger partial charge in [0.1, 0.15) is 5.82 Å². The van der Waals surface area contributed by atoms with Gasteiger partial charge >= 0.3 is 0 Å². The van der Waals surface area contributed by atoms with E-state index in [4.69, 9.17) is 0 Å². The van der Waals surface area contributed by atoms with Crippen LogP contribution in [0.15, 0.2) is 47.4 Å². The van der Waals surface area contributed by atoms with E-state index >= 15 is 0 Å². The van der Waals surface area contributed by atoms with E-state index in [1.807, 2.05) is 9.80 Å². The number of carbonyl (C=O) groups excluding carboxylic acids is 1. The van der Waals surface area contributed by atoms with Crippen molar-refractivity contribution in [2.45, 2.75) is 37.0 Å². The molecule has 5 rings (SSSR count). The van der Waals surface area contributed by atoms with Crippen LogP contribution in [0.1, 0.15) is 32.3 Å². The molecule has 0 radical (unpaired) electrons. The number of fused-ring (bicyclic) bond motifs is 1. The Balaban J connectivity index is 1.37. The number of benzene rings is 2. The number of halogens is 1. The minimum Gasteiger partial charge on any atom is -0.367 e. The number of para-hydroxylation sites is 1. The zero-order valence-corrected chi connectivity index (χ0v) is 19.2. The molecular formula is C24H28FN3O3S. The summed E-state index contributed by atoms with van der Waals surface area (Å²) in [7, 11) is -3.68. The molecular weight excluding hydrogens is 429 g/mol. The lowest BCUT2D eigenvalue weighted by atomic mass is 9.87. The molecule has 3 aliphatic rings. The molecule has 2 aromatic rings. The first-order valence-electron chi connectivity index (χ1n) is 11.1. The molecule has 1 saturated carbocycles. The third-order valence-corrected chi connectivity index (χ3v) is 8.70. The van der Waals surface area contributed by atoms with Gasteiger partial charge in [-0.2, -0.15) is 4.31 Å². The van der Waals surface area contributed by atoms with Crippen LogP contribution in [-0.2, 0) is 20.2 Å². The van der Waals surface area contributed by atoms with Gasteiger partial charge in [-0.15, -0.1) is 0 Å². The fraction of sp³-hybridized carbons (Fsp3) is 0.458. The molecule has 170 valence electrons. The second kappa shape index (κ2) is 7.56. The molecule has 0 aromatic heterocycles. The molecule has 8 heteroatoms. The topological polar surface area (TPSA) is 60.9 Å². The first-order valence-corrected chi connectivity index (χ1v) is 12.6. The molecule has 0 unspecified atom stereocenters. The Kier molecular flexibility index (Phi) is 5.05. The van der Waals surface area contributed by atoms with Gasteiger partial charge in [-0.05, 0) is 48.7 Å². The summed E-state index contributed by atoms with van der Waals surface area (Å²) in [5, 5.41) is 0. The Labute approximate surface area is 188 Å². The van der Waals surface area contributed by atoms with Crippen molar-refractivity contribution in [3.05, 3.63) is 53.8 Å². The number of piperazine rings is 1. The number of hydrogen-bond donors (Lipinski definition) is 0. The van der Waals surface area contributed by atoms with Gasteiger partial charge in [0.25, 0.3) is 0 Å². The molecule has 0 N–H and O–H groups in total. The van der Waals surface area contributed by atoms with Crippen LogP contribution in [0.3, 0.4) is 0 Å². The second-order valence-electron chi connectivity index (χ2n) is 9.60. The summed E-state index contributed by atoms with van der Waals surface area (Å²) in [4.78, 5) is 16.7. The molecule has 1 saturated heterocycles. The van der Waals surface area contributed by atoms with Crippen LogP contribution in [0.2, 0.25) is 0 Å². The van der Waals surface area contributed by atoms with Gasteiger partial charge in [0.15, 0.2) is 0 Å². The Morgan fingerprint density at radius 1 is 1.00 bits per heavy atom. The molecule has 2 aliphatic heterocycles. The van der Waals surface area contributed by atoms with E-state index in [0.717, 1.165) is 24.1 Å². The molecule has 0 atom stereocenters. The predicted molar refractivity (Wildman–Crippen MR) is 122 cm³/mol. The third-order valence-electron chi connectivity index (χ3n) is 6.80. The molecule has 1 aliphatic carbocycles. The van der Waals surface area contributed by atoms with E-state index in [-0.39, 0.29) is 28.0 Å². The van der Waals surface area contributed by atoms with Gasteiger partial charge < -0.3 is 9.80 Å². The largest absolute Gasteiger partial charge is 0.367 e. The van der Waals surface area contributed by atoms with Crippen LogP contribution in [-0.4, -0.2) is 51.4 Å². The predicted octanol–water partition coefficient (Wildman–Crippen LogP) is 3.37. The van der Waals surface area contributed by atoms with Crippen LogP contribution in [0, 0.1) is 11.7 Å². The standard InChI is InChI=1S/C24H28FN3O3S/c1-24(2)16-28(23(29)17-7-8-17)21-10-9-18(15-19(21)24)32(30,31)27-13-11-26(12-14-27)22-6-4-3-5-20(22)25/h3-6,9-10,15,17H,7-8,11-14,16H2,1-2H3. The van der Waals surface area contributed by atoms with E-state index < -0.39 is 10.0 Å². The summed E-state index contributed by atoms with van der Waals surface area (Å²) in [5.41, 5.74) is 1.92. The first kappa shape index (κ1) is 21.4. The van der Waals surface area contributed by atoms with Gasteiger partial charge in [-0.1, -0.05) is 26.0 Å². The number of sulfonamides is 1. The lowest BCUT2D eigenvalue weighted by Gasteiger charge is -2.35. The molecule has 2 fully saturated rings. The third kappa shape index (κ3) is 3.59. The Morgan fingerprint density at radius 2 is 1.69 bits per heavy atom. The first-order chi connectivity index (χ1) is 15.2. The highest BCUT2D eigenvalue weighted by Gasteiger charge is 2.43. The number of anilines is 2. The Hall–Kier alpha value is -2.45. The van der Waals surface area contributed by atoms with Crippen LogP contribution < -0.4 is 9.80 Å². The Morgan fingerprint density at radius 3 is 2.34 bits per heavy atom. The van der Waals surface area contributed by atoms with E-state index in [1.165, 1.54) is 10.4 Å². The second-order valence-corrected chi connectivity index (χ2v) is 11.5. The molecule has 6 nitrogen and oxygen atoms in total. The summed E-state index contributed by atoms with van der Waals surface area (Å²) in [5.74, 6) is -0.0300. The van der Waals surface area contributed by atoms with Crippen LogP contribution >= 0.6 is 0 Å². The lowest BCUT2D eigenvalue weighted by molar-refractivity contribution is -0.119. The summed E-state index contributed by atoms with van der Waals surface area (Å²) in [6, 6.07) is 11.7. The fourth-order valence-corrected chi connectivity index (χ4v) is 6.24. The summed E-state index contributed by atoms with van der Waals surface area (Å²) >= 11 is 0. The number of hydrogen-bond acceptors (Lipinski definition) is 4. The minimum atomic E-state index is -3.68. The maximum Gasteiger partial charge on any atom is 0.243 e.